The molecule has 0 fully saturated rings. The number of hydrogen-bond donors (Lipinski definition) is 2. The highest BCUT2D eigenvalue weighted by Crippen LogP contribution is 2.41. The maximum absolute atomic E-state index is 5.28. The summed E-state index contributed by atoms with van der Waals surface area (Å²) < 4.78 is 2.12. The molecule has 7 heteroatoms. The summed E-state index contributed by atoms with van der Waals surface area (Å²) in [6.45, 7) is 0. The standard InChI is InChI=1S/C39H25N5S2/c1-3-9-24(10-4-1)36-29-17-15-26(40-29)23-27-16-18-30(41-27)37(25-11-5-2-6-12-25)32-20-22-34(43-32)38(33-21-19-31(36)42-33)46-39-44-28-13-7-8-14-35(28)45-39/h1-23,40-41H. The van der Waals surface area contributed by atoms with Crippen molar-refractivity contribution in [1.82, 2.24) is 24.9 Å². The number of hydrogen-bond acceptors (Lipinski definition) is 5. The predicted molar refractivity (Wildman–Crippen MR) is 193 cm³/mol. The van der Waals surface area contributed by atoms with E-state index in [1.807, 2.05) is 18.2 Å². The molecule has 0 radical (unpaired) electrons. The van der Waals surface area contributed by atoms with Crippen LogP contribution >= 0.6 is 23.1 Å². The SMILES string of the molecule is C1=Cc2nc1c(Sc1nc3ccccc3s1)c1nc(c(-c3ccccc3)c3ccc(cc4ccc([nH]4)c2-c2ccccc2)[nH]3)C=C1. The number of nitrogens with one attached hydrogen (secondary N) is 2. The molecule has 9 rings (SSSR count). The van der Waals surface area contributed by atoms with E-state index in [2.05, 4.69) is 131 Å². The lowest BCUT2D eigenvalue weighted by molar-refractivity contribution is 1.17. The van der Waals surface area contributed by atoms with Gasteiger partial charge < -0.3 is 9.97 Å². The first-order valence-electron chi connectivity index (χ1n) is 15.0. The lowest BCUT2D eigenvalue weighted by atomic mass is 10.0. The van der Waals surface area contributed by atoms with Crippen molar-refractivity contribution >= 4 is 79.7 Å². The summed E-state index contributed by atoms with van der Waals surface area (Å²) in [5, 5.41) is 0. The number of fused-ring (bicyclic) bond motifs is 9. The molecule has 2 N–H and O–H groups in total. The molecule has 4 aromatic heterocycles. The van der Waals surface area contributed by atoms with Gasteiger partial charge in [-0.05, 0) is 77.9 Å². The number of nitrogens with zero attached hydrogens (tertiary/aromatic N) is 3. The van der Waals surface area contributed by atoms with Crippen molar-refractivity contribution in [2.75, 3.05) is 0 Å². The molecule has 0 aliphatic carbocycles. The molecule has 5 nitrogen and oxygen atoms in total. The molecular weight excluding hydrogens is 603 g/mol. The Balaban J connectivity index is 1.38. The quantitative estimate of drug-likeness (QED) is 0.204. The third-order valence-electron chi connectivity index (χ3n) is 8.11. The van der Waals surface area contributed by atoms with Gasteiger partial charge in [-0.3, -0.25) is 0 Å². The Morgan fingerprint density at radius 2 is 1.02 bits per heavy atom. The molecule has 0 saturated heterocycles. The maximum Gasteiger partial charge on any atom is 0.156 e. The van der Waals surface area contributed by atoms with Gasteiger partial charge in [0, 0.05) is 33.2 Å². The second-order valence-electron chi connectivity index (χ2n) is 11.1. The van der Waals surface area contributed by atoms with Gasteiger partial charge in [-0.1, -0.05) is 84.6 Å². The van der Waals surface area contributed by atoms with Crippen LogP contribution < -0.4 is 0 Å². The van der Waals surface area contributed by atoms with Gasteiger partial charge in [0.25, 0.3) is 0 Å². The third kappa shape index (κ3) is 4.86. The molecule has 7 aromatic rings. The zero-order valence-electron chi connectivity index (χ0n) is 24.4. The van der Waals surface area contributed by atoms with Crippen LogP contribution in [0.15, 0.2) is 124 Å². The fourth-order valence-corrected chi connectivity index (χ4v) is 8.16. The van der Waals surface area contributed by atoms with Gasteiger partial charge >= 0.3 is 0 Å². The second kappa shape index (κ2) is 11.1. The van der Waals surface area contributed by atoms with E-state index >= 15 is 0 Å². The van der Waals surface area contributed by atoms with Crippen molar-refractivity contribution in [3.8, 4) is 22.3 Å². The summed E-state index contributed by atoms with van der Waals surface area (Å²) in [4.78, 5) is 23.8. The van der Waals surface area contributed by atoms with Gasteiger partial charge in [-0.15, -0.1) is 11.3 Å². The Hall–Kier alpha value is -5.50. The van der Waals surface area contributed by atoms with Crippen molar-refractivity contribution < 1.29 is 0 Å². The normalized spacial score (nSPS) is 12.3. The van der Waals surface area contributed by atoms with Crippen molar-refractivity contribution in [2.45, 2.75) is 9.24 Å². The summed E-state index contributed by atoms with van der Waals surface area (Å²) in [6, 6.07) is 39.8. The van der Waals surface area contributed by atoms with E-state index in [0.29, 0.717) is 0 Å². The van der Waals surface area contributed by atoms with Crippen LogP contribution in [0.25, 0.3) is 78.8 Å². The Bertz CT molecular complexity index is 2330. The largest absolute Gasteiger partial charge is 0.355 e. The summed E-state index contributed by atoms with van der Waals surface area (Å²) >= 11 is 3.32. The molecule has 0 unspecified atom stereocenters. The topological polar surface area (TPSA) is 70.2 Å². The van der Waals surface area contributed by atoms with Crippen LogP contribution in [-0.2, 0) is 0 Å². The van der Waals surface area contributed by atoms with Gasteiger partial charge in [0.2, 0.25) is 0 Å². The summed E-state index contributed by atoms with van der Waals surface area (Å²) in [5.41, 5.74) is 12.8. The van der Waals surface area contributed by atoms with Crippen LogP contribution in [0.1, 0.15) is 22.8 Å². The monoisotopic (exact) mass is 627 g/mol. The molecule has 6 heterocycles. The highest BCUT2D eigenvalue weighted by atomic mass is 32.2. The third-order valence-corrected chi connectivity index (χ3v) is 10.3. The second-order valence-corrected chi connectivity index (χ2v) is 13.4. The van der Waals surface area contributed by atoms with Gasteiger partial charge in [-0.25, -0.2) is 15.0 Å². The molecule has 8 bridgehead atoms. The molecular formula is C39H25N5S2. The van der Waals surface area contributed by atoms with Crippen LogP contribution in [0.4, 0.5) is 0 Å². The molecule has 218 valence electrons. The van der Waals surface area contributed by atoms with E-state index in [1.54, 1.807) is 23.1 Å². The van der Waals surface area contributed by atoms with E-state index in [9.17, 15) is 0 Å². The number of H-pyrrole nitrogens is 2. The van der Waals surface area contributed by atoms with Crippen molar-refractivity contribution in [3.05, 3.63) is 138 Å². The fourth-order valence-electron chi connectivity index (χ4n) is 6.02. The number of benzene rings is 3. The van der Waals surface area contributed by atoms with E-state index < -0.39 is 0 Å². The average Bonchev–Trinajstić information content (AvgIpc) is 3.93. The van der Waals surface area contributed by atoms with Crippen LogP contribution in [0.2, 0.25) is 0 Å². The van der Waals surface area contributed by atoms with Crippen LogP contribution in [0.3, 0.4) is 0 Å². The highest BCUT2D eigenvalue weighted by molar-refractivity contribution is 8.01. The Kier molecular flexibility index (Phi) is 6.51. The first-order chi connectivity index (χ1) is 22.7. The maximum atomic E-state index is 5.28. The molecule has 0 amide bonds. The number of para-hydroxylation sites is 1. The lowest BCUT2D eigenvalue weighted by Crippen LogP contribution is -1.89. The van der Waals surface area contributed by atoms with Gasteiger partial charge in [0.1, 0.15) is 0 Å². The predicted octanol–water partition coefficient (Wildman–Crippen LogP) is 10.8. The number of aromatic nitrogens is 5. The molecule has 0 atom stereocenters. The number of rotatable bonds is 4. The molecule has 0 spiro atoms. The average molecular weight is 628 g/mol. The van der Waals surface area contributed by atoms with Crippen molar-refractivity contribution in [1.29, 1.82) is 0 Å². The smallest absolute Gasteiger partial charge is 0.156 e. The van der Waals surface area contributed by atoms with Gasteiger partial charge in [0.15, 0.2) is 4.34 Å². The summed E-state index contributed by atoms with van der Waals surface area (Å²) in [7, 11) is 0. The Morgan fingerprint density at radius 3 is 1.59 bits per heavy atom. The first kappa shape index (κ1) is 26.9. The van der Waals surface area contributed by atoms with Gasteiger partial charge in [0.05, 0.1) is 37.9 Å². The lowest BCUT2D eigenvalue weighted by Gasteiger charge is -2.05. The number of thiazole rings is 1. The first-order valence-corrected chi connectivity index (χ1v) is 16.7. The minimum atomic E-state index is 0.867. The van der Waals surface area contributed by atoms with Crippen molar-refractivity contribution in [3.63, 3.8) is 0 Å². The van der Waals surface area contributed by atoms with Crippen LogP contribution in [-0.4, -0.2) is 24.9 Å². The minimum absolute atomic E-state index is 0.867. The highest BCUT2D eigenvalue weighted by Gasteiger charge is 2.19. The van der Waals surface area contributed by atoms with E-state index in [4.69, 9.17) is 15.0 Å². The zero-order valence-corrected chi connectivity index (χ0v) is 26.1. The van der Waals surface area contributed by atoms with E-state index in [1.165, 1.54) is 0 Å². The minimum Gasteiger partial charge on any atom is -0.355 e. The molecule has 0 saturated carbocycles. The summed E-state index contributed by atoms with van der Waals surface area (Å²) in [5.74, 6) is 0. The Morgan fingerprint density at radius 1 is 0.500 bits per heavy atom. The molecule has 3 aromatic carbocycles. The Labute approximate surface area is 273 Å². The van der Waals surface area contributed by atoms with Crippen molar-refractivity contribution in [2.24, 2.45) is 0 Å². The molecule has 2 aliphatic heterocycles. The fraction of sp³-hybridized carbons (Fsp3) is 0. The van der Waals surface area contributed by atoms with Crippen LogP contribution in [0, 0.1) is 0 Å². The number of aromatic amines is 2. The van der Waals surface area contributed by atoms with E-state index in [0.717, 1.165) is 86.5 Å². The summed E-state index contributed by atoms with van der Waals surface area (Å²) in [6.07, 6.45) is 8.44. The van der Waals surface area contributed by atoms with E-state index in [-0.39, 0.29) is 0 Å². The van der Waals surface area contributed by atoms with Crippen LogP contribution in [0.5, 0.6) is 0 Å². The molecule has 2 aliphatic rings. The zero-order chi connectivity index (χ0) is 30.5. The van der Waals surface area contributed by atoms with Gasteiger partial charge in [-0.2, -0.15) is 0 Å². The molecule has 46 heavy (non-hydrogen) atoms.